The lowest BCUT2D eigenvalue weighted by Crippen LogP contribution is -2.30. The summed E-state index contributed by atoms with van der Waals surface area (Å²) in [6, 6.07) is 35.1. The van der Waals surface area contributed by atoms with Crippen LogP contribution < -0.4 is 4.90 Å². The number of hydrogen-bond donors (Lipinski definition) is 0. The van der Waals surface area contributed by atoms with Gasteiger partial charge < -0.3 is 4.57 Å². The van der Waals surface area contributed by atoms with Crippen LogP contribution in [-0.2, 0) is 0 Å². The predicted molar refractivity (Wildman–Crippen MR) is 156 cm³/mol. The number of carbonyl (C=O) groups excluding carboxylic acids is 2. The molecule has 6 heteroatoms. The number of nitrogens with zero attached hydrogens (tertiary/aromatic N) is 3. The fraction of sp³-hybridized carbons (Fsp3) is 0. The number of para-hydroxylation sites is 1. The number of amides is 2. The highest BCUT2D eigenvalue weighted by molar-refractivity contribution is 7.26. The molecule has 0 unspecified atom stereocenters. The van der Waals surface area contributed by atoms with Crippen molar-refractivity contribution in [2.24, 2.45) is 0 Å². The summed E-state index contributed by atoms with van der Waals surface area (Å²) in [5, 5.41) is 14.3. The van der Waals surface area contributed by atoms with E-state index in [0.717, 1.165) is 21.8 Å². The zero-order valence-corrected chi connectivity index (χ0v) is 21.2. The molecule has 0 saturated heterocycles. The lowest BCUT2D eigenvalue weighted by Gasteiger charge is -2.20. The highest BCUT2D eigenvalue weighted by Crippen LogP contribution is 2.44. The third-order valence-electron chi connectivity index (χ3n) is 7.56. The van der Waals surface area contributed by atoms with E-state index in [4.69, 9.17) is 0 Å². The Labute approximate surface area is 226 Å². The van der Waals surface area contributed by atoms with Gasteiger partial charge in [0.2, 0.25) is 0 Å². The Bertz CT molecular complexity index is 2210. The van der Waals surface area contributed by atoms with Crippen LogP contribution in [-0.4, -0.2) is 16.4 Å². The van der Waals surface area contributed by atoms with Crippen LogP contribution in [0.5, 0.6) is 0 Å². The van der Waals surface area contributed by atoms with E-state index >= 15 is 0 Å². The fourth-order valence-electron chi connectivity index (χ4n) is 5.90. The van der Waals surface area contributed by atoms with Crippen LogP contribution in [0.15, 0.2) is 103 Å². The summed E-state index contributed by atoms with van der Waals surface area (Å²) in [6.07, 6.45) is 0. The molecule has 7 aromatic rings. The van der Waals surface area contributed by atoms with Crippen LogP contribution in [0.25, 0.3) is 47.7 Å². The number of anilines is 1. The summed E-state index contributed by atoms with van der Waals surface area (Å²) in [5.41, 5.74) is 4.07. The molecule has 0 N–H and O–H groups in total. The number of benzene rings is 5. The molecule has 0 fully saturated rings. The second-order valence-electron chi connectivity index (χ2n) is 9.59. The topological polar surface area (TPSA) is 66.1 Å². The molecule has 2 aromatic heterocycles. The maximum Gasteiger partial charge on any atom is 0.266 e. The number of rotatable bonds is 2. The van der Waals surface area contributed by atoms with Gasteiger partial charge in [-0.15, -0.1) is 11.3 Å². The molecule has 0 spiro atoms. The van der Waals surface area contributed by atoms with E-state index in [0.29, 0.717) is 28.1 Å². The van der Waals surface area contributed by atoms with Crippen LogP contribution in [0.2, 0.25) is 0 Å². The summed E-state index contributed by atoms with van der Waals surface area (Å²) in [7, 11) is 0. The van der Waals surface area contributed by atoms with Crippen molar-refractivity contribution in [2.45, 2.75) is 0 Å². The maximum absolute atomic E-state index is 13.6. The average molecular weight is 520 g/mol. The Morgan fingerprint density at radius 3 is 2.08 bits per heavy atom. The molecule has 1 aliphatic rings. The first kappa shape index (κ1) is 21.8. The summed E-state index contributed by atoms with van der Waals surface area (Å²) in [4.78, 5) is 28.3. The van der Waals surface area contributed by atoms with Crippen molar-refractivity contribution >= 4 is 70.8 Å². The first-order valence-corrected chi connectivity index (χ1v) is 13.3. The molecule has 0 saturated carbocycles. The largest absolute Gasteiger partial charge is 0.307 e. The first-order chi connectivity index (χ1) is 19.2. The zero-order chi connectivity index (χ0) is 26.2. The highest BCUT2D eigenvalue weighted by Gasteiger charge is 2.38. The van der Waals surface area contributed by atoms with Crippen LogP contribution in [0.4, 0.5) is 5.69 Å². The molecule has 0 atom stereocenters. The monoisotopic (exact) mass is 519 g/mol. The van der Waals surface area contributed by atoms with Gasteiger partial charge in [0.15, 0.2) is 0 Å². The molecule has 182 valence electrons. The van der Waals surface area contributed by atoms with Crippen molar-refractivity contribution in [2.75, 3.05) is 4.90 Å². The number of hydrogen-bond acceptors (Lipinski definition) is 4. The summed E-state index contributed by atoms with van der Waals surface area (Å²) < 4.78 is 4.53. The molecule has 8 rings (SSSR count). The zero-order valence-electron chi connectivity index (χ0n) is 20.4. The second kappa shape index (κ2) is 7.87. The molecular formula is C33H17N3O2S. The van der Waals surface area contributed by atoms with Gasteiger partial charge in [-0.05, 0) is 54.6 Å². The second-order valence-corrected chi connectivity index (χ2v) is 10.7. The molecular weight excluding hydrogens is 502 g/mol. The van der Waals surface area contributed by atoms with Crippen molar-refractivity contribution < 1.29 is 9.59 Å². The molecule has 3 heterocycles. The third kappa shape index (κ3) is 2.88. The minimum Gasteiger partial charge on any atom is -0.307 e. The van der Waals surface area contributed by atoms with Crippen LogP contribution in [0, 0.1) is 11.3 Å². The Balaban J connectivity index is 1.49. The number of thiophene rings is 1. The molecule has 5 nitrogen and oxygen atoms in total. The first-order valence-electron chi connectivity index (χ1n) is 12.5. The molecule has 2 amide bonds. The van der Waals surface area contributed by atoms with Gasteiger partial charge in [0.1, 0.15) is 0 Å². The van der Waals surface area contributed by atoms with Crippen LogP contribution >= 0.6 is 11.3 Å². The van der Waals surface area contributed by atoms with Gasteiger partial charge in [-0.3, -0.25) is 9.59 Å². The van der Waals surface area contributed by atoms with Gasteiger partial charge in [-0.2, -0.15) is 5.26 Å². The van der Waals surface area contributed by atoms with Crippen LogP contribution in [0.1, 0.15) is 26.3 Å². The minimum absolute atomic E-state index is 0.365. The third-order valence-corrected chi connectivity index (χ3v) is 8.69. The molecule has 1 aliphatic heterocycles. The van der Waals surface area contributed by atoms with E-state index in [2.05, 4.69) is 59.2 Å². The van der Waals surface area contributed by atoms with Gasteiger partial charge in [-0.25, -0.2) is 4.90 Å². The van der Waals surface area contributed by atoms with Gasteiger partial charge >= 0.3 is 0 Å². The molecule has 5 aromatic carbocycles. The molecule has 0 radical (unpaired) electrons. The van der Waals surface area contributed by atoms with Crippen molar-refractivity contribution in [3.05, 3.63) is 120 Å². The minimum atomic E-state index is -0.390. The lowest BCUT2D eigenvalue weighted by atomic mass is 10.1. The smallest absolute Gasteiger partial charge is 0.266 e. The number of imide groups is 1. The Morgan fingerprint density at radius 1 is 0.615 bits per heavy atom. The number of nitriles is 1. The lowest BCUT2D eigenvalue weighted by molar-refractivity contribution is 0.0926. The van der Waals surface area contributed by atoms with Crippen LogP contribution in [0.3, 0.4) is 0 Å². The van der Waals surface area contributed by atoms with Gasteiger partial charge in [0.05, 0.1) is 45.2 Å². The molecule has 0 bridgehead atoms. The Kier molecular flexibility index (Phi) is 4.40. The van der Waals surface area contributed by atoms with Gasteiger partial charge in [-0.1, -0.05) is 48.5 Å². The van der Waals surface area contributed by atoms with Gasteiger partial charge in [0.25, 0.3) is 11.8 Å². The van der Waals surface area contributed by atoms with E-state index in [1.165, 1.54) is 25.1 Å². The van der Waals surface area contributed by atoms with E-state index in [1.807, 2.05) is 18.2 Å². The van der Waals surface area contributed by atoms with E-state index in [-0.39, 0.29) is 11.8 Å². The number of fused-ring (bicyclic) bond motifs is 8. The standard InChI is InChI=1S/C33H17N3O2S/c34-18-19-13-14-25(27(17-19)36-32(37)20-7-1-2-8-21(20)33(36)38)35-24-11-5-3-9-22(24)30-26(35)15-16-29-31(30)23-10-4-6-12-28(23)39-29/h1-17H. The molecule has 39 heavy (non-hydrogen) atoms. The maximum atomic E-state index is 13.6. The van der Waals surface area contributed by atoms with Gasteiger partial charge in [0, 0.05) is 30.9 Å². The summed E-state index contributed by atoms with van der Waals surface area (Å²) in [6.45, 7) is 0. The highest BCUT2D eigenvalue weighted by atomic mass is 32.1. The number of aromatic nitrogens is 1. The molecule has 0 aliphatic carbocycles. The normalized spacial score (nSPS) is 13.2. The van der Waals surface area contributed by atoms with Crippen molar-refractivity contribution in [3.8, 4) is 11.8 Å². The van der Waals surface area contributed by atoms with Crippen molar-refractivity contribution in [1.82, 2.24) is 4.57 Å². The van der Waals surface area contributed by atoms with Crippen molar-refractivity contribution in [3.63, 3.8) is 0 Å². The van der Waals surface area contributed by atoms with E-state index < -0.39 is 0 Å². The summed E-state index contributed by atoms with van der Waals surface area (Å²) >= 11 is 1.77. The Morgan fingerprint density at radius 2 is 1.31 bits per heavy atom. The average Bonchev–Trinajstić information content (AvgIpc) is 3.60. The number of carbonyl (C=O) groups is 2. The van der Waals surface area contributed by atoms with E-state index in [9.17, 15) is 14.9 Å². The Hall–Kier alpha value is -5.25. The van der Waals surface area contributed by atoms with E-state index in [1.54, 1.807) is 47.7 Å². The SMILES string of the molecule is N#Cc1ccc(-n2c3ccccc3c3c4c(ccc32)sc2ccccc24)c(N2C(=O)c3ccccc3C2=O)c1. The van der Waals surface area contributed by atoms with Crippen molar-refractivity contribution in [1.29, 1.82) is 5.26 Å². The quantitative estimate of drug-likeness (QED) is 0.219. The summed E-state index contributed by atoms with van der Waals surface area (Å²) in [5.74, 6) is -0.780. The fourth-order valence-corrected chi connectivity index (χ4v) is 7.02. The predicted octanol–water partition coefficient (Wildman–Crippen LogP) is 7.82.